The lowest BCUT2D eigenvalue weighted by atomic mass is 9.99. The Hall–Kier alpha value is -2.17. The Morgan fingerprint density at radius 1 is 1.33 bits per heavy atom. The SMILES string of the molecule is CCOC(=O)C(C)c1c(C)nn(-c2ccc(F)cc2)c1C. The third-order valence-corrected chi connectivity index (χ3v) is 3.49. The molecule has 112 valence electrons. The second-order valence-corrected chi connectivity index (χ2v) is 4.95. The first kappa shape index (κ1) is 15.2. The molecule has 2 rings (SSSR count). The van der Waals surface area contributed by atoms with E-state index in [0.717, 1.165) is 22.6 Å². The molecule has 0 spiro atoms. The fourth-order valence-electron chi connectivity index (χ4n) is 2.50. The Kier molecular flexibility index (Phi) is 4.40. The Bertz CT molecular complexity index is 647. The molecule has 1 unspecified atom stereocenters. The maximum absolute atomic E-state index is 13.0. The topological polar surface area (TPSA) is 44.1 Å². The maximum Gasteiger partial charge on any atom is 0.313 e. The summed E-state index contributed by atoms with van der Waals surface area (Å²) in [7, 11) is 0. The molecule has 4 nitrogen and oxygen atoms in total. The van der Waals surface area contributed by atoms with Crippen molar-refractivity contribution in [2.24, 2.45) is 0 Å². The van der Waals surface area contributed by atoms with Gasteiger partial charge in [-0.05, 0) is 52.0 Å². The fraction of sp³-hybridized carbons (Fsp3) is 0.375. The summed E-state index contributed by atoms with van der Waals surface area (Å²) in [6, 6.07) is 6.10. The van der Waals surface area contributed by atoms with Crippen LogP contribution < -0.4 is 0 Å². The number of ether oxygens (including phenoxy) is 1. The summed E-state index contributed by atoms with van der Waals surface area (Å²) < 4.78 is 19.8. The van der Waals surface area contributed by atoms with E-state index in [2.05, 4.69) is 5.10 Å². The van der Waals surface area contributed by atoms with E-state index in [9.17, 15) is 9.18 Å². The molecule has 1 aromatic carbocycles. The van der Waals surface area contributed by atoms with Gasteiger partial charge in [-0.1, -0.05) is 0 Å². The molecule has 0 amide bonds. The van der Waals surface area contributed by atoms with Crippen molar-refractivity contribution in [1.29, 1.82) is 0 Å². The van der Waals surface area contributed by atoms with Crippen LogP contribution in [-0.2, 0) is 9.53 Å². The Morgan fingerprint density at radius 2 is 1.95 bits per heavy atom. The summed E-state index contributed by atoms with van der Waals surface area (Å²) in [5.41, 5.74) is 3.26. The smallest absolute Gasteiger partial charge is 0.313 e. The number of benzene rings is 1. The van der Waals surface area contributed by atoms with Crippen LogP contribution in [0.4, 0.5) is 4.39 Å². The first-order valence-electron chi connectivity index (χ1n) is 6.94. The number of carbonyl (C=O) groups is 1. The molecule has 1 aromatic heterocycles. The molecule has 0 saturated carbocycles. The van der Waals surface area contributed by atoms with E-state index >= 15 is 0 Å². The second kappa shape index (κ2) is 6.08. The highest BCUT2D eigenvalue weighted by molar-refractivity contribution is 5.78. The van der Waals surface area contributed by atoms with Gasteiger partial charge in [-0.25, -0.2) is 9.07 Å². The van der Waals surface area contributed by atoms with E-state index in [4.69, 9.17) is 4.74 Å². The summed E-state index contributed by atoms with van der Waals surface area (Å²) in [6.07, 6.45) is 0. The molecule has 0 aliphatic carbocycles. The predicted molar refractivity (Wildman–Crippen MR) is 78.0 cm³/mol. The fourth-order valence-corrected chi connectivity index (χ4v) is 2.50. The summed E-state index contributed by atoms with van der Waals surface area (Å²) in [5.74, 6) is -0.929. The lowest BCUT2D eigenvalue weighted by Crippen LogP contribution is -2.14. The van der Waals surface area contributed by atoms with E-state index < -0.39 is 0 Å². The van der Waals surface area contributed by atoms with Crippen LogP contribution in [0.3, 0.4) is 0 Å². The minimum Gasteiger partial charge on any atom is -0.466 e. The zero-order valence-electron chi connectivity index (χ0n) is 12.7. The number of hydrogen-bond donors (Lipinski definition) is 0. The van der Waals surface area contributed by atoms with Crippen molar-refractivity contribution >= 4 is 5.97 Å². The molecule has 21 heavy (non-hydrogen) atoms. The van der Waals surface area contributed by atoms with Crippen LogP contribution in [0, 0.1) is 19.7 Å². The minimum absolute atomic E-state index is 0.262. The van der Waals surface area contributed by atoms with E-state index in [1.807, 2.05) is 20.8 Å². The van der Waals surface area contributed by atoms with Crippen molar-refractivity contribution in [1.82, 2.24) is 9.78 Å². The standard InChI is InChI=1S/C16H19FN2O2/c1-5-21-16(20)10(2)15-11(3)18-19(12(15)4)14-8-6-13(17)7-9-14/h6-10H,5H2,1-4H3. The third-order valence-electron chi connectivity index (χ3n) is 3.49. The lowest BCUT2D eigenvalue weighted by molar-refractivity contribution is -0.144. The Labute approximate surface area is 123 Å². The number of carbonyl (C=O) groups excluding carboxylic acids is 1. The van der Waals surface area contributed by atoms with Crippen LogP contribution in [0.1, 0.15) is 36.7 Å². The summed E-state index contributed by atoms with van der Waals surface area (Å²) in [6.45, 7) is 7.70. The van der Waals surface area contributed by atoms with Crippen molar-refractivity contribution < 1.29 is 13.9 Å². The number of hydrogen-bond acceptors (Lipinski definition) is 3. The maximum atomic E-state index is 13.0. The van der Waals surface area contributed by atoms with Crippen molar-refractivity contribution in [2.45, 2.75) is 33.6 Å². The molecule has 0 saturated heterocycles. The van der Waals surface area contributed by atoms with Crippen LogP contribution in [-0.4, -0.2) is 22.4 Å². The molecule has 0 aliphatic heterocycles. The summed E-state index contributed by atoms with van der Waals surface area (Å²) in [4.78, 5) is 11.9. The van der Waals surface area contributed by atoms with Crippen LogP contribution in [0.25, 0.3) is 5.69 Å². The van der Waals surface area contributed by atoms with Crippen molar-refractivity contribution in [3.05, 3.63) is 47.0 Å². The molecule has 0 N–H and O–H groups in total. The monoisotopic (exact) mass is 290 g/mol. The molecule has 0 fully saturated rings. The van der Waals surface area contributed by atoms with Gasteiger partial charge in [-0.3, -0.25) is 4.79 Å². The number of rotatable bonds is 4. The zero-order chi connectivity index (χ0) is 15.6. The summed E-state index contributed by atoms with van der Waals surface area (Å²) >= 11 is 0. The zero-order valence-corrected chi connectivity index (χ0v) is 12.7. The van der Waals surface area contributed by atoms with Gasteiger partial charge in [0.15, 0.2) is 0 Å². The molecule has 2 aromatic rings. The largest absolute Gasteiger partial charge is 0.466 e. The van der Waals surface area contributed by atoms with Crippen molar-refractivity contribution in [3.63, 3.8) is 0 Å². The Morgan fingerprint density at radius 3 is 2.52 bits per heavy atom. The average molecular weight is 290 g/mol. The molecule has 1 atom stereocenters. The minimum atomic E-state index is -0.376. The van der Waals surface area contributed by atoms with Gasteiger partial charge in [0, 0.05) is 11.3 Å². The number of halogens is 1. The lowest BCUT2D eigenvalue weighted by Gasteiger charge is -2.11. The first-order chi connectivity index (χ1) is 9.95. The van der Waals surface area contributed by atoms with Gasteiger partial charge in [0.1, 0.15) is 5.82 Å². The van der Waals surface area contributed by atoms with E-state index in [1.54, 1.807) is 23.7 Å². The van der Waals surface area contributed by atoms with Crippen LogP contribution >= 0.6 is 0 Å². The molecule has 5 heteroatoms. The molecular weight excluding hydrogens is 271 g/mol. The van der Waals surface area contributed by atoms with Crippen LogP contribution in [0.2, 0.25) is 0 Å². The number of aromatic nitrogens is 2. The van der Waals surface area contributed by atoms with Crippen LogP contribution in [0.15, 0.2) is 24.3 Å². The highest BCUT2D eigenvalue weighted by Crippen LogP contribution is 2.26. The van der Waals surface area contributed by atoms with Crippen molar-refractivity contribution in [3.8, 4) is 5.69 Å². The highest BCUT2D eigenvalue weighted by Gasteiger charge is 2.24. The second-order valence-electron chi connectivity index (χ2n) is 4.95. The van der Waals surface area contributed by atoms with Gasteiger partial charge in [-0.15, -0.1) is 0 Å². The normalized spacial score (nSPS) is 12.2. The van der Waals surface area contributed by atoms with Gasteiger partial charge in [0.25, 0.3) is 0 Å². The van der Waals surface area contributed by atoms with Crippen LogP contribution in [0.5, 0.6) is 0 Å². The van der Waals surface area contributed by atoms with E-state index in [1.165, 1.54) is 12.1 Å². The quantitative estimate of drug-likeness (QED) is 0.812. The van der Waals surface area contributed by atoms with Gasteiger partial charge < -0.3 is 4.74 Å². The molecule has 0 radical (unpaired) electrons. The number of aryl methyl sites for hydroxylation is 1. The number of esters is 1. The Balaban J connectivity index is 2.42. The van der Waals surface area contributed by atoms with Gasteiger partial charge >= 0.3 is 5.97 Å². The highest BCUT2D eigenvalue weighted by atomic mass is 19.1. The van der Waals surface area contributed by atoms with E-state index in [-0.39, 0.29) is 17.7 Å². The van der Waals surface area contributed by atoms with Gasteiger partial charge in [0.05, 0.1) is 23.9 Å². The molecule has 0 aliphatic rings. The van der Waals surface area contributed by atoms with Gasteiger partial charge in [0.2, 0.25) is 0 Å². The molecule has 1 heterocycles. The van der Waals surface area contributed by atoms with E-state index in [0.29, 0.717) is 6.61 Å². The predicted octanol–water partition coefficient (Wildman–Crippen LogP) is 3.29. The summed E-state index contributed by atoms with van der Waals surface area (Å²) in [5, 5.41) is 4.46. The van der Waals surface area contributed by atoms with Gasteiger partial charge in [-0.2, -0.15) is 5.10 Å². The molecular formula is C16H19FN2O2. The third kappa shape index (κ3) is 2.96. The average Bonchev–Trinajstić information content (AvgIpc) is 2.74. The molecule has 0 bridgehead atoms. The first-order valence-corrected chi connectivity index (χ1v) is 6.94. The van der Waals surface area contributed by atoms with Crippen molar-refractivity contribution in [2.75, 3.05) is 6.61 Å². The number of nitrogens with zero attached hydrogens (tertiary/aromatic N) is 2.